The van der Waals surface area contributed by atoms with Crippen molar-refractivity contribution in [2.45, 2.75) is 52.9 Å². The molecule has 78 valence electrons. The number of unbranched alkanes of at least 4 members (excludes halogenated alkanes) is 1. The molecule has 0 aliphatic rings. The molecule has 0 rings (SSSR count). The molecule has 0 heterocycles. The molecule has 0 bridgehead atoms. The minimum absolute atomic E-state index is 0.212. The molecule has 13 heavy (non-hydrogen) atoms. The number of allylic oxidation sites excluding steroid dienone is 1. The van der Waals surface area contributed by atoms with Gasteiger partial charge in [0.25, 0.3) is 0 Å². The molecule has 0 saturated heterocycles. The van der Waals surface area contributed by atoms with Crippen LogP contribution in [0.1, 0.15) is 52.9 Å². The lowest BCUT2D eigenvalue weighted by atomic mass is 9.98. The quantitative estimate of drug-likeness (QED) is 0.600. The van der Waals surface area contributed by atoms with Gasteiger partial charge in [-0.25, -0.2) is 0 Å². The summed E-state index contributed by atoms with van der Waals surface area (Å²) >= 11 is 0. The zero-order valence-corrected chi connectivity index (χ0v) is 9.34. The van der Waals surface area contributed by atoms with E-state index in [9.17, 15) is 0 Å². The Morgan fingerprint density at radius 2 is 2.08 bits per heavy atom. The van der Waals surface area contributed by atoms with E-state index in [2.05, 4.69) is 19.9 Å². The van der Waals surface area contributed by atoms with E-state index in [4.69, 9.17) is 5.11 Å². The van der Waals surface area contributed by atoms with Crippen LogP contribution in [0, 0.1) is 5.92 Å². The van der Waals surface area contributed by atoms with E-state index in [0.717, 1.165) is 17.9 Å². The molecular weight excluding hydrogens is 160 g/mol. The first-order valence-electron chi connectivity index (χ1n) is 5.47. The maximum Gasteiger partial charge on any atom is 0.0639 e. The van der Waals surface area contributed by atoms with Gasteiger partial charge in [-0.3, -0.25) is 0 Å². The molecule has 0 amide bonds. The van der Waals surface area contributed by atoms with Crippen LogP contribution >= 0.6 is 0 Å². The predicted molar refractivity (Wildman–Crippen MR) is 58.8 cm³/mol. The average Bonchev–Trinajstić information content (AvgIpc) is 2.14. The summed E-state index contributed by atoms with van der Waals surface area (Å²) in [6.45, 7) is 6.75. The molecule has 0 radical (unpaired) electrons. The van der Waals surface area contributed by atoms with Crippen LogP contribution in [0.25, 0.3) is 0 Å². The smallest absolute Gasteiger partial charge is 0.0639 e. The third-order valence-electron chi connectivity index (χ3n) is 2.45. The van der Waals surface area contributed by atoms with Crippen molar-refractivity contribution in [1.82, 2.24) is 0 Å². The molecule has 1 heteroatoms. The Bertz CT molecular complexity index is 138. The van der Waals surface area contributed by atoms with Gasteiger partial charge in [0, 0.05) is 0 Å². The third kappa shape index (κ3) is 8.04. The normalized spacial score (nSPS) is 14.6. The fourth-order valence-electron chi connectivity index (χ4n) is 1.38. The number of hydrogen-bond donors (Lipinski definition) is 1. The molecule has 0 spiro atoms. The highest BCUT2D eigenvalue weighted by molar-refractivity contribution is 4.97. The minimum Gasteiger partial charge on any atom is -0.392 e. The van der Waals surface area contributed by atoms with Gasteiger partial charge in [-0.05, 0) is 25.7 Å². The molecule has 0 saturated carbocycles. The van der Waals surface area contributed by atoms with E-state index >= 15 is 0 Å². The lowest BCUT2D eigenvalue weighted by Gasteiger charge is -2.08. The van der Waals surface area contributed by atoms with E-state index in [1.165, 1.54) is 25.7 Å². The number of aliphatic hydroxyl groups excluding tert-OH is 1. The highest BCUT2D eigenvalue weighted by Gasteiger charge is 1.99. The standard InChI is InChI=1S/C12H24O/c1-4-5-7-11(2)8-6-9-12(3)10-13/h9,11,13H,4-8,10H2,1-3H3/b12-9+/t11-/m1/s1. The van der Waals surface area contributed by atoms with Gasteiger partial charge in [-0.2, -0.15) is 0 Å². The molecule has 0 aliphatic carbocycles. The first-order valence-corrected chi connectivity index (χ1v) is 5.47. The fourth-order valence-corrected chi connectivity index (χ4v) is 1.38. The molecule has 1 nitrogen and oxygen atoms in total. The fraction of sp³-hybridized carbons (Fsp3) is 0.833. The average molecular weight is 184 g/mol. The topological polar surface area (TPSA) is 20.2 Å². The van der Waals surface area contributed by atoms with E-state index in [0.29, 0.717) is 0 Å². The second-order valence-corrected chi connectivity index (χ2v) is 4.03. The van der Waals surface area contributed by atoms with Gasteiger partial charge in [0.15, 0.2) is 0 Å². The lowest BCUT2D eigenvalue weighted by Crippen LogP contribution is -1.94. The van der Waals surface area contributed by atoms with Crippen LogP contribution in [0.15, 0.2) is 11.6 Å². The van der Waals surface area contributed by atoms with Crippen molar-refractivity contribution in [3.8, 4) is 0 Å². The van der Waals surface area contributed by atoms with Crippen LogP contribution in [-0.4, -0.2) is 11.7 Å². The molecule has 1 N–H and O–H groups in total. The molecule has 0 aromatic carbocycles. The summed E-state index contributed by atoms with van der Waals surface area (Å²) in [5.41, 5.74) is 1.10. The minimum atomic E-state index is 0.212. The first-order chi connectivity index (χ1) is 6.20. The predicted octanol–water partition coefficient (Wildman–Crippen LogP) is 3.53. The van der Waals surface area contributed by atoms with E-state index in [1.54, 1.807) is 0 Å². The SMILES string of the molecule is CCCC[C@@H](C)CC/C=C(\C)CO. The van der Waals surface area contributed by atoms with Crippen molar-refractivity contribution in [1.29, 1.82) is 0 Å². The molecule has 0 aromatic heterocycles. The Labute approximate surface area is 82.9 Å². The van der Waals surface area contributed by atoms with Crippen molar-refractivity contribution in [2.75, 3.05) is 6.61 Å². The summed E-state index contributed by atoms with van der Waals surface area (Å²) in [5, 5.41) is 8.77. The van der Waals surface area contributed by atoms with Crippen molar-refractivity contribution < 1.29 is 5.11 Å². The van der Waals surface area contributed by atoms with Crippen LogP contribution < -0.4 is 0 Å². The summed E-state index contributed by atoms with van der Waals surface area (Å²) in [4.78, 5) is 0. The van der Waals surface area contributed by atoms with Crippen LogP contribution in [0.4, 0.5) is 0 Å². The van der Waals surface area contributed by atoms with Gasteiger partial charge < -0.3 is 5.11 Å². The van der Waals surface area contributed by atoms with Gasteiger partial charge in [-0.15, -0.1) is 0 Å². The molecule has 0 aromatic rings. The van der Waals surface area contributed by atoms with Gasteiger partial charge >= 0.3 is 0 Å². The largest absolute Gasteiger partial charge is 0.392 e. The van der Waals surface area contributed by atoms with Gasteiger partial charge in [0.2, 0.25) is 0 Å². The van der Waals surface area contributed by atoms with Crippen LogP contribution in [0.2, 0.25) is 0 Å². The molecule has 0 unspecified atom stereocenters. The lowest BCUT2D eigenvalue weighted by molar-refractivity contribution is 0.330. The van der Waals surface area contributed by atoms with Crippen LogP contribution in [0.3, 0.4) is 0 Å². The second kappa shape index (κ2) is 8.31. The number of rotatable bonds is 7. The monoisotopic (exact) mass is 184 g/mol. The van der Waals surface area contributed by atoms with Crippen molar-refractivity contribution in [3.63, 3.8) is 0 Å². The Morgan fingerprint density at radius 3 is 2.62 bits per heavy atom. The van der Waals surface area contributed by atoms with Gasteiger partial charge in [0.1, 0.15) is 0 Å². The molecule has 0 aliphatic heterocycles. The molecule has 1 atom stereocenters. The Kier molecular flexibility index (Phi) is 8.11. The summed E-state index contributed by atoms with van der Waals surface area (Å²) in [7, 11) is 0. The summed E-state index contributed by atoms with van der Waals surface area (Å²) in [6, 6.07) is 0. The summed E-state index contributed by atoms with van der Waals surface area (Å²) in [5.74, 6) is 0.836. The van der Waals surface area contributed by atoms with Crippen molar-refractivity contribution in [3.05, 3.63) is 11.6 Å². The zero-order valence-electron chi connectivity index (χ0n) is 9.34. The second-order valence-electron chi connectivity index (χ2n) is 4.03. The summed E-state index contributed by atoms with van der Waals surface area (Å²) in [6.07, 6.45) is 8.54. The Balaban J connectivity index is 3.41. The molecular formula is C12H24O. The summed E-state index contributed by atoms with van der Waals surface area (Å²) < 4.78 is 0. The van der Waals surface area contributed by atoms with Gasteiger partial charge in [-0.1, -0.05) is 44.8 Å². The highest BCUT2D eigenvalue weighted by Crippen LogP contribution is 2.14. The Morgan fingerprint density at radius 1 is 1.38 bits per heavy atom. The first kappa shape index (κ1) is 12.7. The zero-order chi connectivity index (χ0) is 10.1. The number of aliphatic hydroxyl groups is 1. The Hall–Kier alpha value is -0.300. The maximum absolute atomic E-state index is 8.77. The van der Waals surface area contributed by atoms with Crippen molar-refractivity contribution in [2.24, 2.45) is 5.92 Å². The molecule has 0 fully saturated rings. The maximum atomic E-state index is 8.77. The highest BCUT2D eigenvalue weighted by atomic mass is 16.3. The van der Waals surface area contributed by atoms with E-state index < -0.39 is 0 Å². The van der Waals surface area contributed by atoms with E-state index in [1.807, 2.05) is 6.92 Å². The number of hydrogen-bond acceptors (Lipinski definition) is 1. The van der Waals surface area contributed by atoms with Crippen molar-refractivity contribution >= 4 is 0 Å². The van der Waals surface area contributed by atoms with E-state index in [-0.39, 0.29) is 6.61 Å². The third-order valence-corrected chi connectivity index (χ3v) is 2.45. The van der Waals surface area contributed by atoms with Gasteiger partial charge in [0.05, 0.1) is 6.61 Å². The van der Waals surface area contributed by atoms with Crippen LogP contribution in [0.5, 0.6) is 0 Å². The van der Waals surface area contributed by atoms with Crippen LogP contribution in [-0.2, 0) is 0 Å².